The first-order valence-electron chi connectivity index (χ1n) is 9.06. The van der Waals surface area contributed by atoms with Crippen LogP contribution in [0.3, 0.4) is 0 Å². The lowest BCUT2D eigenvalue weighted by atomic mass is 10.2. The summed E-state index contributed by atoms with van der Waals surface area (Å²) < 4.78 is 6.93. The number of amides is 1. The van der Waals surface area contributed by atoms with Crippen LogP contribution >= 0.6 is 11.3 Å². The molecule has 0 radical (unpaired) electrons. The maximum absolute atomic E-state index is 12.9. The van der Waals surface area contributed by atoms with Gasteiger partial charge in [0.05, 0.1) is 6.54 Å². The molecule has 0 fully saturated rings. The summed E-state index contributed by atoms with van der Waals surface area (Å²) in [6.45, 7) is 5.88. The number of aromatic nitrogens is 2. The molecule has 0 aliphatic carbocycles. The van der Waals surface area contributed by atoms with Crippen molar-refractivity contribution in [3.63, 3.8) is 0 Å². The van der Waals surface area contributed by atoms with Crippen molar-refractivity contribution < 1.29 is 14.3 Å². The lowest BCUT2D eigenvalue weighted by Crippen LogP contribution is -2.35. The van der Waals surface area contributed by atoms with Crippen molar-refractivity contribution in [2.75, 3.05) is 11.5 Å². The lowest BCUT2D eigenvalue weighted by molar-refractivity contribution is -0.120. The predicted octanol–water partition coefficient (Wildman–Crippen LogP) is 4.16. The fraction of sp³-hybridized carbons (Fsp3) is 0.286. The van der Waals surface area contributed by atoms with E-state index in [1.54, 1.807) is 28.5 Å². The minimum atomic E-state index is -0.226. The van der Waals surface area contributed by atoms with Gasteiger partial charge in [0.1, 0.15) is 5.75 Å². The molecule has 6 nitrogen and oxygen atoms in total. The Morgan fingerprint density at radius 1 is 1.18 bits per heavy atom. The molecule has 0 aliphatic rings. The van der Waals surface area contributed by atoms with Crippen LogP contribution in [-0.2, 0) is 11.3 Å². The topological polar surface area (TPSA) is 64.4 Å². The number of carbonyl (C=O) groups excluding carboxylic acids is 2. The molecule has 0 aliphatic heterocycles. The van der Waals surface area contributed by atoms with Gasteiger partial charge in [0.2, 0.25) is 5.91 Å². The number of nitrogens with zero attached hydrogens (tertiary/aromatic N) is 3. The Morgan fingerprint density at radius 3 is 2.57 bits per heavy atom. The first-order chi connectivity index (χ1) is 13.4. The molecule has 146 valence electrons. The lowest BCUT2D eigenvalue weighted by Gasteiger charge is -2.20. The van der Waals surface area contributed by atoms with E-state index < -0.39 is 0 Å². The van der Waals surface area contributed by atoms with Crippen molar-refractivity contribution in [3.8, 4) is 5.75 Å². The Bertz CT molecular complexity index is 930. The zero-order valence-corrected chi connectivity index (χ0v) is 17.0. The van der Waals surface area contributed by atoms with Crippen LogP contribution in [0.1, 0.15) is 29.1 Å². The first-order valence-corrected chi connectivity index (χ1v) is 9.94. The van der Waals surface area contributed by atoms with E-state index in [0.717, 1.165) is 10.4 Å². The second-order valence-corrected chi connectivity index (χ2v) is 7.80. The van der Waals surface area contributed by atoms with Gasteiger partial charge in [0.25, 0.3) is 5.91 Å². The smallest absolute Gasteiger partial charge is 0.266 e. The molecule has 0 unspecified atom stereocenters. The summed E-state index contributed by atoms with van der Waals surface area (Å²) in [5, 5.41) is 6.28. The summed E-state index contributed by atoms with van der Waals surface area (Å²) in [5.41, 5.74) is 1.12. The fourth-order valence-electron chi connectivity index (χ4n) is 2.56. The quantitative estimate of drug-likeness (QED) is 0.600. The van der Waals surface area contributed by atoms with Crippen molar-refractivity contribution in [2.24, 2.45) is 5.92 Å². The number of benzene rings is 1. The molecule has 3 aromatic rings. The summed E-state index contributed by atoms with van der Waals surface area (Å²) in [5.74, 6) is 0.538. The minimum absolute atomic E-state index is 0.112. The van der Waals surface area contributed by atoms with E-state index in [9.17, 15) is 9.59 Å². The summed E-state index contributed by atoms with van der Waals surface area (Å²) in [6.07, 6.45) is 1.59. The summed E-state index contributed by atoms with van der Waals surface area (Å²) in [4.78, 5) is 27.6. The zero-order valence-electron chi connectivity index (χ0n) is 16.2. The van der Waals surface area contributed by atoms with E-state index in [1.165, 1.54) is 4.68 Å². The van der Waals surface area contributed by atoms with Crippen molar-refractivity contribution in [1.82, 2.24) is 9.78 Å². The number of hydrogen-bond acceptors (Lipinski definition) is 5. The Hall–Kier alpha value is -2.93. The van der Waals surface area contributed by atoms with Gasteiger partial charge in [-0.2, -0.15) is 0 Å². The summed E-state index contributed by atoms with van der Waals surface area (Å²) in [6, 6.07) is 13.1. The van der Waals surface area contributed by atoms with Gasteiger partial charge in [-0.1, -0.05) is 37.6 Å². The molecule has 1 aromatic carbocycles. The van der Waals surface area contributed by atoms with Crippen LogP contribution in [0.15, 0.2) is 54.0 Å². The third-order valence-corrected chi connectivity index (χ3v) is 5.01. The number of anilines is 1. The second-order valence-electron chi connectivity index (χ2n) is 6.77. The molecule has 7 heteroatoms. The maximum Gasteiger partial charge on any atom is 0.266 e. The molecule has 2 aromatic heterocycles. The molecule has 28 heavy (non-hydrogen) atoms. The molecule has 0 spiro atoms. The molecule has 3 rings (SSSR count). The highest BCUT2D eigenvalue weighted by Crippen LogP contribution is 2.19. The normalized spacial score (nSPS) is 10.9. The van der Waals surface area contributed by atoms with E-state index in [1.807, 2.05) is 62.5 Å². The van der Waals surface area contributed by atoms with Crippen LogP contribution in [0.25, 0.3) is 0 Å². The fourth-order valence-corrected chi connectivity index (χ4v) is 3.25. The van der Waals surface area contributed by atoms with Crippen LogP contribution in [0.2, 0.25) is 0 Å². The second kappa shape index (κ2) is 8.84. The van der Waals surface area contributed by atoms with Crippen LogP contribution in [0.4, 0.5) is 5.82 Å². The van der Waals surface area contributed by atoms with Gasteiger partial charge < -0.3 is 4.74 Å². The largest absolute Gasteiger partial charge is 0.484 e. The molecule has 0 atom stereocenters. The number of carbonyl (C=O) groups is 2. The maximum atomic E-state index is 12.9. The van der Waals surface area contributed by atoms with Gasteiger partial charge in [-0.3, -0.25) is 14.5 Å². The highest BCUT2D eigenvalue weighted by molar-refractivity contribution is 7.09. The Kier molecular flexibility index (Phi) is 6.26. The highest BCUT2D eigenvalue weighted by atomic mass is 32.1. The number of ether oxygens (including phenoxy) is 1. The van der Waals surface area contributed by atoms with Gasteiger partial charge in [0.15, 0.2) is 12.4 Å². The predicted molar refractivity (Wildman–Crippen MR) is 110 cm³/mol. The number of aryl methyl sites for hydroxylation is 1. The van der Waals surface area contributed by atoms with Crippen LogP contribution in [0, 0.1) is 12.8 Å². The Morgan fingerprint density at radius 2 is 1.93 bits per heavy atom. The van der Waals surface area contributed by atoms with Gasteiger partial charge in [-0.05, 0) is 30.5 Å². The molecular formula is C21H23N3O3S. The van der Waals surface area contributed by atoms with E-state index in [-0.39, 0.29) is 24.3 Å². The third-order valence-electron chi connectivity index (χ3n) is 4.15. The highest BCUT2D eigenvalue weighted by Gasteiger charge is 2.21. The first kappa shape index (κ1) is 19.8. The Balaban J connectivity index is 1.77. The molecule has 0 saturated heterocycles. The molecule has 0 bridgehead atoms. The molecule has 1 amide bonds. The van der Waals surface area contributed by atoms with Crippen LogP contribution in [-0.4, -0.2) is 28.2 Å². The monoisotopic (exact) mass is 397 g/mol. The van der Waals surface area contributed by atoms with Crippen LogP contribution < -0.4 is 9.64 Å². The van der Waals surface area contributed by atoms with Crippen molar-refractivity contribution in [3.05, 3.63) is 64.5 Å². The average molecular weight is 398 g/mol. The van der Waals surface area contributed by atoms with Gasteiger partial charge >= 0.3 is 0 Å². The summed E-state index contributed by atoms with van der Waals surface area (Å²) in [7, 11) is 0. The van der Waals surface area contributed by atoms with Crippen molar-refractivity contribution in [2.45, 2.75) is 27.3 Å². The van der Waals surface area contributed by atoms with Gasteiger partial charge in [0, 0.05) is 23.1 Å². The van der Waals surface area contributed by atoms with E-state index in [2.05, 4.69) is 5.10 Å². The third kappa shape index (κ3) is 4.86. The molecular weight excluding hydrogens is 374 g/mol. The standard InChI is InChI=1S/C21H23N3O3S/c1-15(2)21(26)24-11-10-19(22-24)23(13-18-5-4-12-28-18)20(25)14-27-17-8-6-16(3)7-9-17/h4-12,15H,13-14H2,1-3H3. The number of rotatable bonds is 7. The molecule has 0 saturated carbocycles. The Labute approximate surface area is 168 Å². The van der Waals surface area contributed by atoms with E-state index in [0.29, 0.717) is 18.1 Å². The number of thiophene rings is 1. The van der Waals surface area contributed by atoms with Crippen LogP contribution in [0.5, 0.6) is 5.75 Å². The average Bonchev–Trinajstić information content (AvgIpc) is 3.36. The molecule has 2 heterocycles. The van der Waals surface area contributed by atoms with Gasteiger partial charge in [-0.15, -0.1) is 16.4 Å². The van der Waals surface area contributed by atoms with Crippen molar-refractivity contribution in [1.29, 1.82) is 0 Å². The van der Waals surface area contributed by atoms with E-state index in [4.69, 9.17) is 4.74 Å². The number of hydrogen-bond donors (Lipinski definition) is 0. The van der Waals surface area contributed by atoms with Crippen molar-refractivity contribution >= 4 is 29.0 Å². The molecule has 0 N–H and O–H groups in total. The zero-order chi connectivity index (χ0) is 20.1. The van der Waals surface area contributed by atoms with Gasteiger partial charge in [-0.25, -0.2) is 4.68 Å². The minimum Gasteiger partial charge on any atom is -0.484 e. The summed E-state index contributed by atoms with van der Waals surface area (Å²) >= 11 is 1.56. The van der Waals surface area contributed by atoms with E-state index >= 15 is 0 Å². The SMILES string of the molecule is Cc1ccc(OCC(=O)N(Cc2cccs2)c2ccn(C(=O)C(C)C)n2)cc1.